The Kier molecular flexibility index (Phi) is 6.59. The molecule has 1 amide bonds. The number of carbonyl (C=O) groups excluding carboxylic acids is 1. The van der Waals surface area contributed by atoms with Gasteiger partial charge in [-0.25, -0.2) is 9.18 Å². The monoisotopic (exact) mass is 381 g/mol. The van der Waals surface area contributed by atoms with E-state index in [4.69, 9.17) is 19.9 Å². The highest BCUT2D eigenvalue weighted by atomic mass is 19.1. The van der Waals surface area contributed by atoms with Crippen LogP contribution in [0.1, 0.15) is 5.56 Å². The van der Waals surface area contributed by atoms with Crippen molar-refractivity contribution in [1.29, 1.82) is 0 Å². The molecule has 5 nitrogen and oxygen atoms in total. The number of ether oxygens (including phenoxy) is 3. The van der Waals surface area contributed by atoms with Crippen molar-refractivity contribution < 1.29 is 23.4 Å². The molecule has 6 heteroatoms. The lowest BCUT2D eigenvalue weighted by molar-refractivity contribution is 0.0891. The Morgan fingerprint density at radius 2 is 1.68 bits per heavy atom. The second kappa shape index (κ2) is 9.53. The lowest BCUT2D eigenvalue weighted by atomic mass is 10.0. The van der Waals surface area contributed by atoms with Crippen LogP contribution in [0.2, 0.25) is 0 Å². The SMILES string of the molecule is NC(=O)Oc1ccc(OCCOCc2ccccc2)c(-c2ccc(F)cc2)c1. The molecule has 0 aromatic heterocycles. The second-order valence-corrected chi connectivity index (χ2v) is 5.97. The third kappa shape index (κ3) is 5.56. The first-order valence-corrected chi connectivity index (χ1v) is 8.73. The minimum Gasteiger partial charge on any atom is -0.491 e. The molecule has 3 aromatic carbocycles. The maximum Gasteiger partial charge on any atom is 0.409 e. The van der Waals surface area contributed by atoms with Gasteiger partial charge < -0.3 is 19.9 Å². The van der Waals surface area contributed by atoms with Gasteiger partial charge in [0.15, 0.2) is 0 Å². The molecule has 0 radical (unpaired) electrons. The minimum atomic E-state index is -0.909. The van der Waals surface area contributed by atoms with Crippen LogP contribution in [0, 0.1) is 5.82 Å². The van der Waals surface area contributed by atoms with Crippen LogP contribution < -0.4 is 15.2 Å². The van der Waals surface area contributed by atoms with Gasteiger partial charge in [-0.15, -0.1) is 0 Å². The average molecular weight is 381 g/mol. The maximum atomic E-state index is 13.2. The summed E-state index contributed by atoms with van der Waals surface area (Å²) in [5.74, 6) is 0.497. The Morgan fingerprint density at radius 3 is 2.39 bits per heavy atom. The van der Waals surface area contributed by atoms with Crippen molar-refractivity contribution in [3.63, 3.8) is 0 Å². The van der Waals surface area contributed by atoms with Crippen molar-refractivity contribution in [3.05, 3.63) is 84.2 Å². The zero-order chi connectivity index (χ0) is 19.8. The fourth-order valence-corrected chi connectivity index (χ4v) is 2.64. The van der Waals surface area contributed by atoms with Gasteiger partial charge in [-0.3, -0.25) is 0 Å². The molecule has 3 aromatic rings. The molecule has 144 valence electrons. The van der Waals surface area contributed by atoms with Gasteiger partial charge >= 0.3 is 6.09 Å². The van der Waals surface area contributed by atoms with Crippen molar-refractivity contribution in [1.82, 2.24) is 0 Å². The predicted molar refractivity (Wildman–Crippen MR) is 104 cm³/mol. The summed E-state index contributed by atoms with van der Waals surface area (Å²) < 4.78 is 29.6. The van der Waals surface area contributed by atoms with E-state index < -0.39 is 6.09 Å². The molecule has 0 spiro atoms. The van der Waals surface area contributed by atoms with Crippen LogP contribution >= 0.6 is 0 Å². The Labute approximate surface area is 162 Å². The number of primary amides is 1. The Bertz CT molecular complexity index is 914. The first kappa shape index (κ1) is 19.4. The van der Waals surface area contributed by atoms with E-state index in [9.17, 15) is 9.18 Å². The van der Waals surface area contributed by atoms with Crippen LogP contribution in [0.25, 0.3) is 11.1 Å². The third-order valence-corrected chi connectivity index (χ3v) is 3.92. The number of benzene rings is 3. The molecule has 0 aliphatic carbocycles. The molecule has 3 rings (SSSR count). The standard InChI is InChI=1S/C22H20FNO4/c23-18-8-6-17(7-9-18)20-14-19(28-22(24)25)10-11-21(20)27-13-12-26-15-16-4-2-1-3-5-16/h1-11,14H,12-13,15H2,(H2,24,25). The van der Waals surface area contributed by atoms with E-state index >= 15 is 0 Å². The zero-order valence-electron chi connectivity index (χ0n) is 15.1. The lowest BCUT2D eigenvalue weighted by Crippen LogP contribution is -2.16. The zero-order valence-corrected chi connectivity index (χ0v) is 15.1. The summed E-state index contributed by atoms with van der Waals surface area (Å²) in [5, 5.41) is 0. The van der Waals surface area contributed by atoms with E-state index in [0.717, 1.165) is 11.1 Å². The summed E-state index contributed by atoms with van der Waals surface area (Å²) >= 11 is 0. The van der Waals surface area contributed by atoms with Crippen molar-refractivity contribution in [2.75, 3.05) is 13.2 Å². The van der Waals surface area contributed by atoms with Crippen molar-refractivity contribution in [2.45, 2.75) is 6.61 Å². The quantitative estimate of drug-likeness (QED) is 0.581. The highest BCUT2D eigenvalue weighted by Crippen LogP contribution is 2.33. The van der Waals surface area contributed by atoms with Gasteiger partial charge in [-0.2, -0.15) is 0 Å². The smallest absolute Gasteiger partial charge is 0.409 e. The number of hydrogen-bond donors (Lipinski definition) is 1. The van der Waals surface area contributed by atoms with Crippen molar-refractivity contribution in [3.8, 4) is 22.6 Å². The Hall–Kier alpha value is -3.38. The van der Waals surface area contributed by atoms with E-state index in [2.05, 4.69) is 0 Å². The fourth-order valence-electron chi connectivity index (χ4n) is 2.64. The first-order valence-electron chi connectivity index (χ1n) is 8.73. The molecule has 0 atom stereocenters. The molecular weight excluding hydrogens is 361 g/mol. The number of hydrogen-bond acceptors (Lipinski definition) is 4. The molecule has 0 bridgehead atoms. The summed E-state index contributed by atoms with van der Waals surface area (Å²) in [7, 11) is 0. The normalized spacial score (nSPS) is 10.5. The van der Waals surface area contributed by atoms with Crippen LogP contribution in [-0.4, -0.2) is 19.3 Å². The number of nitrogens with two attached hydrogens (primary N) is 1. The van der Waals surface area contributed by atoms with Gasteiger partial charge in [0.25, 0.3) is 0 Å². The van der Waals surface area contributed by atoms with E-state index in [1.165, 1.54) is 12.1 Å². The highest BCUT2D eigenvalue weighted by Gasteiger charge is 2.10. The summed E-state index contributed by atoms with van der Waals surface area (Å²) in [5.41, 5.74) is 7.53. The maximum absolute atomic E-state index is 13.2. The summed E-state index contributed by atoms with van der Waals surface area (Å²) in [6.45, 7) is 1.23. The van der Waals surface area contributed by atoms with Gasteiger partial charge in [0, 0.05) is 5.56 Å². The Balaban J connectivity index is 1.66. The van der Waals surface area contributed by atoms with Crippen LogP contribution in [0.3, 0.4) is 0 Å². The predicted octanol–water partition coefficient (Wildman–Crippen LogP) is 4.55. The molecule has 0 saturated heterocycles. The number of rotatable bonds is 8. The molecule has 0 fully saturated rings. The van der Waals surface area contributed by atoms with Gasteiger partial charge in [-0.05, 0) is 41.5 Å². The third-order valence-electron chi connectivity index (χ3n) is 3.92. The molecule has 0 saturated carbocycles. The van der Waals surface area contributed by atoms with Crippen molar-refractivity contribution >= 4 is 6.09 Å². The Morgan fingerprint density at radius 1 is 0.929 bits per heavy atom. The number of halogens is 1. The minimum absolute atomic E-state index is 0.277. The molecule has 28 heavy (non-hydrogen) atoms. The topological polar surface area (TPSA) is 70.8 Å². The molecule has 0 aliphatic heterocycles. The highest BCUT2D eigenvalue weighted by molar-refractivity contribution is 5.74. The molecule has 2 N–H and O–H groups in total. The summed E-state index contributed by atoms with van der Waals surface area (Å²) in [6, 6.07) is 20.7. The van der Waals surface area contributed by atoms with E-state index in [1.54, 1.807) is 30.3 Å². The van der Waals surface area contributed by atoms with Crippen LogP contribution in [0.4, 0.5) is 9.18 Å². The second-order valence-electron chi connectivity index (χ2n) is 5.97. The molecule has 0 unspecified atom stereocenters. The largest absolute Gasteiger partial charge is 0.491 e. The first-order chi connectivity index (χ1) is 13.6. The summed E-state index contributed by atoms with van der Waals surface area (Å²) in [6.07, 6.45) is -0.909. The van der Waals surface area contributed by atoms with Crippen LogP contribution in [0.15, 0.2) is 72.8 Å². The van der Waals surface area contributed by atoms with E-state index in [0.29, 0.717) is 31.1 Å². The van der Waals surface area contributed by atoms with Gasteiger partial charge in [0.2, 0.25) is 0 Å². The molecular formula is C22H20FNO4. The lowest BCUT2D eigenvalue weighted by Gasteiger charge is -2.13. The van der Waals surface area contributed by atoms with Crippen LogP contribution in [0.5, 0.6) is 11.5 Å². The number of amides is 1. The molecule has 0 aliphatic rings. The van der Waals surface area contributed by atoms with Gasteiger partial charge in [-0.1, -0.05) is 42.5 Å². The van der Waals surface area contributed by atoms with E-state index in [1.807, 2.05) is 30.3 Å². The summed E-state index contributed by atoms with van der Waals surface area (Å²) in [4.78, 5) is 11.0. The van der Waals surface area contributed by atoms with Crippen LogP contribution in [-0.2, 0) is 11.3 Å². The fraction of sp³-hybridized carbons (Fsp3) is 0.136. The van der Waals surface area contributed by atoms with Gasteiger partial charge in [0.05, 0.1) is 13.2 Å². The average Bonchev–Trinajstić information content (AvgIpc) is 2.69. The van der Waals surface area contributed by atoms with Crippen molar-refractivity contribution in [2.24, 2.45) is 5.73 Å². The van der Waals surface area contributed by atoms with Gasteiger partial charge in [0.1, 0.15) is 23.9 Å². The number of carbonyl (C=O) groups is 1. The molecule has 0 heterocycles. The van der Waals surface area contributed by atoms with E-state index in [-0.39, 0.29) is 11.6 Å².